The molecule has 164 valence electrons. The van der Waals surface area contributed by atoms with Crippen molar-refractivity contribution in [1.82, 2.24) is 4.90 Å². The molecule has 3 rings (SSSR count). The lowest BCUT2D eigenvalue weighted by molar-refractivity contribution is -0.128. The first-order valence-corrected chi connectivity index (χ1v) is 10.0. The van der Waals surface area contributed by atoms with E-state index in [2.05, 4.69) is 5.32 Å². The van der Waals surface area contributed by atoms with Crippen LogP contribution in [0.25, 0.3) is 0 Å². The molecule has 1 aliphatic rings. The third-order valence-corrected chi connectivity index (χ3v) is 5.05. The number of esters is 1. The van der Waals surface area contributed by atoms with Gasteiger partial charge in [-0.1, -0.05) is 12.1 Å². The maximum absolute atomic E-state index is 12.5. The summed E-state index contributed by atoms with van der Waals surface area (Å²) in [5, 5.41) is 2.69. The van der Waals surface area contributed by atoms with E-state index in [-0.39, 0.29) is 5.91 Å². The molecule has 0 spiro atoms. The second kappa shape index (κ2) is 9.97. The van der Waals surface area contributed by atoms with Crippen molar-refractivity contribution >= 4 is 23.5 Å². The van der Waals surface area contributed by atoms with Crippen LogP contribution in [0.2, 0.25) is 0 Å². The fourth-order valence-corrected chi connectivity index (χ4v) is 3.27. The van der Waals surface area contributed by atoms with Crippen LogP contribution >= 0.6 is 0 Å². The zero-order valence-corrected chi connectivity index (χ0v) is 17.8. The largest absolute Gasteiger partial charge is 0.497 e. The standard InChI is InChI=1S/C23H26N2O6/c1-15(22(27)24-19-13-18(29-2)10-11-20(19)30-3)31-23(28)17-8-6-16(7-9-17)14-25-12-4-5-21(25)26/h6-11,13,15H,4-5,12,14H2,1-3H3,(H,24,27). The van der Waals surface area contributed by atoms with Crippen LogP contribution in [-0.4, -0.2) is 49.6 Å². The number of methoxy groups -OCH3 is 2. The lowest BCUT2D eigenvalue weighted by Crippen LogP contribution is -2.30. The Bertz CT molecular complexity index is 957. The second-order valence-corrected chi connectivity index (χ2v) is 7.22. The summed E-state index contributed by atoms with van der Waals surface area (Å²) < 4.78 is 15.7. The van der Waals surface area contributed by atoms with E-state index < -0.39 is 18.0 Å². The molecule has 8 heteroatoms. The topological polar surface area (TPSA) is 94.2 Å². The Morgan fingerprint density at radius 3 is 2.45 bits per heavy atom. The normalized spacial score (nSPS) is 14.2. The fraction of sp³-hybridized carbons (Fsp3) is 0.348. The van der Waals surface area contributed by atoms with Crippen LogP contribution in [-0.2, 0) is 20.9 Å². The number of nitrogens with one attached hydrogen (secondary N) is 1. The molecular formula is C23H26N2O6. The van der Waals surface area contributed by atoms with Crippen LogP contribution in [0.15, 0.2) is 42.5 Å². The van der Waals surface area contributed by atoms with Gasteiger partial charge in [-0.15, -0.1) is 0 Å². The molecule has 0 radical (unpaired) electrons. The monoisotopic (exact) mass is 426 g/mol. The van der Waals surface area contributed by atoms with Gasteiger partial charge in [-0.3, -0.25) is 9.59 Å². The minimum Gasteiger partial charge on any atom is -0.497 e. The molecule has 1 heterocycles. The van der Waals surface area contributed by atoms with Gasteiger partial charge in [0.15, 0.2) is 6.10 Å². The first-order valence-electron chi connectivity index (χ1n) is 10.0. The summed E-state index contributed by atoms with van der Waals surface area (Å²) in [7, 11) is 3.01. The molecule has 2 amide bonds. The van der Waals surface area contributed by atoms with Crippen LogP contribution in [0.5, 0.6) is 11.5 Å². The van der Waals surface area contributed by atoms with E-state index in [4.69, 9.17) is 14.2 Å². The summed E-state index contributed by atoms with van der Waals surface area (Å²) in [6, 6.07) is 11.8. The molecule has 1 fully saturated rings. The Morgan fingerprint density at radius 2 is 1.84 bits per heavy atom. The Kier molecular flexibility index (Phi) is 7.12. The molecule has 1 saturated heterocycles. The molecule has 1 unspecified atom stereocenters. The van der Waals surface area contributed by atoms with Crippen LogP contribution in [0, 0.1) is 0 Å². The number of hydrogen-bond acceptors (Lipinski definition) is 6. The number of amides is 2. The molecule has 0 bridgehead atoms. The smallest absolute Gasteiger partial charge is 0.338 e. The molecule has 2 aromatic rings. The highest BCUT2D eigenvalue weighted by Crippen LogP contribution is 2.29. The highest BCUT2D eigenvalue weighted by Gasteiger charge is 2.22. The van der Waals surface area contributed by atoms with Crippen molar-refractivity contribution in [3.63, 3.8) is 0 Å². The van der Waals surface area contributed by atoms with Crippen molar-refractivity contribution in [2.24, 2.45) is 0 Å². The first kappa shape index (κ1) is 22.1. The van der Waals surface area contributed by atoms with Gasteiger partial charge in [0.05, 0.1) is 25.5 Å². The van der Waals surface area contributed by atoms with Gasteiger partial charge < -0.3 is 24.4 Å². The van der Waals surface area contributed by atoms with Crippen molar-refractivity contribution in [1.29, 1.82) is 0 Å². The van der Waals surface area contributed by atoms with E-state index in [1.807, 2.05) is 0 Å². The number of carbonyl (C=O) groups excluding carboxylic acids is 3. The van der Waals surface area contributed by atoms with E-state index >= 15 is 0 Å². The van der Waals surface area contributed by atoms with Crippen molar-refractivity contribution < 1.29 is 28.6 Å². The maximum Gasteiger partial charge on any atom is 0.338 e. The molecule has 1 atom stereocenters. The summed E-state index contributed by atoms with van der Waals surface area (Å²) in [6.07, 6.45) is 0.446. The van der Waals surface area contributed by atoms with Crippen LogP contribution in [0.1, 0.15) is 35.7 Å². The molecule has 0 saturated carbocycles. The van der Waals surface area contributed by atoms with Crippen LogP contribution in [0.4, 0.5) is 5.69 Å². The number of benzene rings is 2. The number of nitrogens with zero attached hydrogens (tertiary/aromatic N) is 1. The second-order valence-electron chi connectivity index (χ2n) is 7.22. The average molecular weight is 426 g/mol. The van der Waals surface area contributed by atoms with E-state index in [1.165, 1.54) is 21.1 Å². The third kappa shape index (κ3) is 5.53. The van der Waals surface area contributed by atoms with E-state index in [9.17, 15) is 14.4 Å². The van der Waals surface area contributed by atoms with E-state index in [0.29, 0.717) is 35.7 Å². The molecule has 1 N–H and O–H groups in total. The maximum atomic E-state index is 12.5. The molecule has 0 aromatic heterocycles. The predicted octanol–water partition coefficient (Wildman–Crippen LogP) is 3.01. The van der Waals surface area contributed by atoms with Crippen LogP contribution in [0.3, 0.4) is 0 Å². The van der Waals surface area contributed by atoms with Gasteiger partial charge >= 0.3 is 5.97 Å². The number of hydrogen-bond donors (Lipinski definition) is 1. The Balaban J connectivity index is 1.58. The summed E-state index contributed by atoms with van der Waals surface area (Å²) >= 11 is 0. The Hall–Kier alpha value is -3.55. The fourth-order valence-electron chi connectivity index (χ4n) is 3.27. The van der Waals surface area contributed by atoms with Gasteiger partial charge in [-0.25, -0.2) is 4.79 Å². The minimum absolute atomic E-state index is 0.149. The lowest BCUT2D eigenvalue weighted by atomic mass is 10.1. The van der Waals surface area contributed by atoms with Crippen molar-refractivity contribution in [2.75, 3.05) is 26.1 Å². The van der Waals surface area contributed by atoms with Gasteiger partial charge in [0.2, 0.25) is 5.91 Å². The quantitative estimate of drug-likeness (QED) is 0.652. The van der Waals surface area contributed by atoms with Gasteiger partial charge in [0.25, 0.3) is 5.91 Å². The molecular weight excluding hydrogens is 400 g/mol. The zero-order chi connectivity index (χ0) is 22.4. The van der Waals surface area contributed by atoms with Crippen molar-refractivity contribution in [2.45, 2.75) is 32.4 Å². The van der Waals surface area contributed by atoms with Gasteiger partial charge in [0, 0.05) is 25.6 Å². The van der Waals surface area contributed by atoms with Gasteiger partial charge in [0.1, 0.15) is 11.5 Å². The number of ether oxygens (including phenoxy) is 3. The molecule has 31 heavy (non-hydrogen) atoms. The lowest BCUT2D eigenvalue weighted by Gasteiger charge is -2.17. The number of anilines is 1. The minimum atomic E-state index is -1.02. The third-order valence-electron chi connectivity index (χ3n) is 5.05. The predicted molar refractivity (Wildman–Crippen MR) is 114 cm³/mol. The van der Waals surface area contributed by atoms with Gasteiger partial charge in [-0.2, -0.15) is 0 Å². The zero-order valence-electron chi connectivity index (χ0n) is 17.8. The van der Waals surface area contributed by atoms with E-state index in [1.54, 1.807) is 47.4 Å². The Labute approximate surface area is 181 Å². The van der Waals surface area contributed by atoms with Crippen LogP contribution < -0.4 is 14.8 Å². The number of likely N-dealkylation sites (tertiary alicyclic amines) is 1. The summed E-state index contributed by atoms with van der Waals surface area (Å²) in [6.45, 7) is 2.77. The molecule has 2 aromatic carbocycles. The summed E-state index contributed by atoms with van der Waals surface area (Å²) in [4.78, 5) is 38.5. The SMILES string of the molecule is COc1ccc(OC)c(NC(=O)C(C)OC(=O)c2ccc(CN3CCCC3=O)cc2)c1. The first-order chi connectivity index (χ1) is 14.9. The number of rotatable bonds is 8. The summed E-state index contributed by atoms with van der Waals surface area (Å²) in [5.41, 5.74) is 1.67. The highest BCUT2D eigenvalue weighted by atomic mass is 16.5. The van der Waals surface area contributed by atoms with Crippen molar-refractivity contribution in [3.05, 3.63) is 53.6 Å². The molecule has 8 nitrogen and oxygen atoms in total. The molecule has 1 aliphatic heterocycles. The Morgan fingerprint density at radius 1 is 1.10 bits per heavy atom. The summed E-state index contributed by atoms with van der Waals surface area (Å²) in [5.74, 6) is 0.0559. The number of carbonyl (C=O) groups is 3. The van der Waals surface area contributed by atoms with Crippen molar-refractivity contribution in [3.8, 4) is 11.5 Å². The average Bonchev–Trinajstić information content (AvgIpc) is 3.18. The highest BCUT2D eigenvalue weighted by molar-refractivity contribution is 5.98. The molecule has 0 aliphatic carbocycles. The van der Waals surface area contributed by atoms with E-state index in [0.717, 1.165) is 18.5 Å². The van der Waals surface area contributed by atoms with Gasteiger partial charge in [-0.05, 0) is 43.2 Å².